The number of aromatic nitrogens is 2. The van der Waals surface area contributed by atoms with Gasteiger partial charge in [0.15, 0.2) is 0 Å². The SMILES string of the molecule is CCc1nnc(NC(=O)NC(C)C(O)c2ccc(F)cc2)s1. The van der Waals surface area contributed by atoms with Crippen LogP contribution >= 0.6 is 11.3 Å². The van der Waals surface area contributed by atoms with Crippen LogP contribution in [0.25, 0.3) is 0 Å². The predicted octanol–water partition coefficient (Wildman–Crippen LogP) is 2.48. The summed E-state index contributed by atoms with van der Waals surface area (Å²) in [5.41, 5.74) is 0.526. The standard InChI is InChI=1S/C14H17FN4O2S/c1-3-11-18-19-14(22-11)17-13(21)16-8(2)12(20)9-4-6-10(15)7-5-9/h4-8,12,20H,3H2,1-2H3,(H2,16,17,19,21). The van der Waals surface area contributed by atoms with Crippen molar-refractivity contribution < 1.29 is 14.3 Å². The van der Waals surface area contributed by atoms with Gasteiger partial charge in [0, 0.05) is 0 Å². The Morgan fingerprint density at radius 2 is 2.05 bits per heavy atom. The predicted molar refractivity (Wildman–Crippen MR) is 82.3 cm³/mol. The third-order valence-electron chi connectivity index (χ3n) is 3.03. The molecule has 22 heavy (non-hydrogen) atoms. The first-order chi connectivity index (χ1) is 10.5. The Bertz CT molecular complexity index is 632. The van der Waals surface area contributed by atoms with Crippen LogP contribution in [0.1, 0.15) is 30.5 Å². The Balaban J connectivity index is 1.91. The molecule has 2 amide bonds. The molecule has 0 spiro atoms. The summed E-state index contributed by atoms with van der Waals surface area (Å²) in [6.07, 6.45) is -0.187. The first-order valence-corrected chi connectivity index (χ1v) is 7.64. The van der Waals surface area contributed by atoms with Crippen molar-refractivity contribution in [1.29, 1.82) is 0 Å². The third kappa shape index (κ3) is 4.22. The second kappa shape index (κ2) is 7.28. The zero-order valence-corrected chi connectivity index (χ0v) is 13.0. The van der Waals surface area contributed by atoms with Gasteiger partial charge in [0.2, 0.25) is 5.13 Å². The minimum Gasteiger partial charge on any atom is -0.386 e. The van der Waals surface area contributed by atoms with E-state index in [1.807, 2.05) is 6.92 Å². The number of rotatable bonds is 5. The summed E-state index contributed by atoms with van der Waals surface area (Å²) >= 11 is 1.30. The van der Waals surface area contributed by atoms with Crippen LogP contribution in [0.2, 0.25) is 0 Å². The number of urea groups is 1. The summed E-state index contributed by atoms with van der Waals surface area (Å²) in [7, 11) is 0. The van der Waals surface area contributed by atoms with Gasteiger partial charge in [-0.3, -0.25) is 5.32 Å². The average Bonchev–Trinajstić information content (AvgIpc) is 2.94. The molecule has 8 heteroatoms. The molecule has 2 unspecified atom stereocenters. The van der Waals surface area contributed by atoms with E-state index in [4.69, 9.17) is 0 Å². The largest absolute Gasteiger partial charge is 0.386 e. The van der Waals surface area contributed by atoms with Crippen LogP contribution < -0.4 is 10.6 Å². The first kappa shape index (κ1) is 16.3. The normalized spacial score (nSPS) is 13.5. The lowest BCUT2D eigenvalue weighted by Crippen LogP contribution is -2.39. The maximum atomic E-state index is 12.9. The number of hydrogen-bond donors (Lipinski definition) is 3. The van der Waals surface area contributed by atoms with Gasteiger partial charge in [0.25, 0.3) is 0 Å². The van der Waals surface area contributed by atoms with Gasteiger partial charge in [-0.2, -0.15) is 0 Å². The molecule has 0 aliphatic heterocycles. The van der Waals surface area contributed by atoms with Gasteiger partial charge in [-0.1, -0.05) is 30.4 Å². The second-order valence-electron chi connectivity index (χ2n) is 4.74. The fourth-order valence-electron chi connectivity index (χ4n) is 1.81. The number of benzene rings is 1. The quantitative estimate of drug-likeness (QED) is 0.788. The summed E-state index contributed by atoms with van der Waals surface area (Å²) < 4.78 is 12.9. The van der Waals surface area contributed by atoms with Gasteiger partial charge >= 0.3 is 6.03 Å². The molecule has 0 radical (unpaired) electrons. The Morgan fingerprint density at radius 1 is 1.36 bits per heavy atom. The molecule has 1 aromatic heterocycles. The first-order valence-electron chi connectivity index (χ1n) is 6.83. The molecule has 0 aliphatic rings. The topological polar surface area (TPSA) is 87.1 Å². The van der Waals surface area contributed by atoms with E-state index < -0.39 is 18.2 Å². The van der Waals surface area contributed by atoms with E-state index in [0.717, 1.165) is 11.4 Å². The number of nitrogens with zero attached hydrogens (tertiary/aromatic N) is 2. The molecule has 118 valence electrons. The summed E-state index contributed by atoms with van der Waals surface area (Å²) in [5.74, 6) is -0.377. The van der Waals surface area contributed by atoms with E-state index in [1.165, 1.54) is 35.6 Å². The molecule has 0 aliphatic carbocycles. The molecule has 0 saturated heterocycles. The van der Waals surface area contributed by atoms with Gasteiger partial charge in [-0.25, -0.2) is 9.18 Å². The Morgan fingerprint density at radius 3 is 2.64 bits per heavy atom. The van der Waals surface area contributed by atoms with E-state index in [0.29, 0.717) is 10.7 Å². The lowest BCUT2D eigenvalue weighted by atomic mass is 10.0. The zero-order chi connectivity index (χ0) is 16.1. The number of nitrogens with one attached hydrogen (secondary N) is 2. The van der Waals surface area contributed by atoms with Gasteiger partial charge in [-0.05, 0) is 31.0 Å². The van der Waals surface area contributed by atoms with Gasteiger partial charge in [0.05, 0.1) is 12.1 Å². The fourth-order valence-corrected chi connectivity index (χ4v) is 2.49. The maximum Gasteiger partial charge on any atom is 0.321 e. The summed E-state index contributed by atoms with van der Waals surface area (Å²) in [4.78, 5) is 11.9. The Kier molecular flexibility index (Phi) is 5.40. The van der Waals surface area contributed by atoms with Gasteiger partial charge < -0.3 is 10.4 Å². The number of hydrogen-bond acceptors (Lipinski definition) is 5. The molecule has 2 aromatic rings. The van der Waals surface area contributed by atoms with Crippen molar-refractivity contribution in [2.75, 3.05) is 5.32 Å². The number of carbonyl (C=O) groups excluding carboxylic acids is 1. The smallest absolute Gasteiger partial charge is 0.321 e. The molecule has 2 atom stereocenters. The van der Waals surface area contributed by atoms with Crippen molar-refractivity contribution in [3.8, 4) is 0 Å². The van der Waals surface area contributed by atoms with Crippen LogP contribution in [0.4, 0.5) is 14.3 Å². The number of amides is 2. The highest BCUT2D eigenvalue weighted by Crippen LogP contribution is 2.18. The van der Waals surface area contributed by atoms with Crippen molar-refractivity contribution in [2.45, 2.75) is 32.4 Å². The lowest BCUT2D eigenvalue weighted by molar-refractivity contribution is 0.139. The van der Waals surface area contributed by atoms with E-state index >= 15 is 0 Å². The van der Waals surface area contributed by atoms with E-state index in [9.17, 15) is 14.3 Å². The molecular formula is C14H17FN4O2S. The summed E-state index contributed by atoms with van der Waals surface area (Å²) in [6.45, 7) is 3.61. The van der Waals surface area contributed by atoms with Crippen molar-refractivity contribution in [3.63, 3.8) is 0 Å². The summed E-state index contributed by atoms with van der Waals surface area (Å²) in [6, 6.07) is 4.46. The second-order valence-corrected chi connectivity index (χ2v) is 5.80. The molecule has 6 nitrogen and oxygen atoms in total. The van der Waals surface area contributed by atoms with Crippen LogP contribution in [-0.4, -0.2) is 27.4 Å². The van der Waals surface area contributed by atoms with Crippen LogP contribution in [0.5, 0.6) is 0 Å². The highest BCUT2D eigenvalue weighted by Gasteiger charge is 2.19. The molecule has 3 N–H and O–H groups in total. The number of anilines is 1. The van der Waals surface area contributed by atoms with Crippen LogP contribution in [-0.2, 0) is 6.42 Å². The maximum absolute atomic E-state index is 12.9. The number of halogens is 1. The molecule has 0 saturated carbocycles. The van der Waals surface area contributed by atoms with Crippen molar-refractivity contribution in [3.05, 3.63) is 40.7 Å². The van der Waals surface area contributed by atoms with Crippen LogP contribution in [0, 0.1) is 5.82 Å². The van der Waals surface area contributed by atoms with Gasteiger partial charge in [0.1, 0.15) is 10.8 Å². The minimum atomic E-state index is -0.938. The van der Waals surface area contributed by atoms with Crippen molar-refractivity contribution in [2.24, 2.45) is 0 Å². The van der Waals surface area contributed by atoms with Crippen molar-refractivity contribution in [1.82, 2.24) is 15.5 Å². The Labute approximate surface area is 131 Å². The zero-order valence-electron chi connectivity index (χ0n) is 12.2. The summed E-state index contributed by atoms with van der Waals surface area (Å²) in [5, 5.41) is 24.3. The van der Waals surface area contributed by atoms with Crippen LogP contribution in [0.15, 0.2) is 24.3 Å². The third-order valence-corrected chi connectivity index (χ3v) is 4.02. The monoisotopic (exact) mass is 324 g/mol. The van der Waals surface area contributed by atoms with E-state index in [1.54, 1.807) is 6.92 Å². The molecule has 0 fully saturated rings. The molecule has 1 heterocycles. The molecule has 2 rings (SSSR count). The minimum absolute atomic E-state index is 0.377. The fraction of sp³-hybridized carbons (Fsp3) is 0.357. The molecule has 0 bridgehead atoms. The average molecular weight is 324 g/mol. The highest BCUT2D eigenvalue weighted by molar-refractivity contribution is 7.15. The van der Waals surface area contributed by atoms with E-state index in [-0.39, 0.29) is 5.82 Å². The number of carbonyl (C=O) groups is 1. The molecule has 1 aromatic carbocycles. The Hall–Kier alpha value is -2.06. The number of aryl methyl sites for hydroxylation is 1. The lowest BCUT2D eigenvalue weighted by Gasteiger charge is -2.20. The van der Waals surface area contributed by atoms with E-state index in [2.05, 4.69) is 20.8 Å². The van der Waals surface area contributed by atoms with Gasteiger partial charge in [-0.15, -0.1) is 10.2 Å². The van der Waals surface area contributed by atoms with Crippen molar-refractivity contribution >= 4 is 22.5 Å². The highest BCUT2D eigenvalue weighted by atomic mass is 32.1. The number of aliphatic hydroxyl groups is 1. The van der Waals surface area contributed by atoms with Crippen LogP contribution in [0.3, 0.4) is 0 Å². The molecular weight excluding hydrogens is 307 g/mol. The number of aliphatic hydroxyl groups excluding tert-OH is 1.